The van der Waals surface area contributed by atoms with Crippen molar-refractivity contribution in [3.63, 3.8) is 0 Å². The average Bonchev–Trinajstić information content (AvgIpc) is 3.17. The Hall–Kier alpha value is -3.24. The summed E-state index contributed by atoms with van der Waals surface area (Å²) in [6.45, 7) is 5.52. The largest absolute Gasteiger partial charge is 0.490 e. The molecule has 2 aromatic rings. The lowest BCUT2D eigenvalue weighted by atomic mass is 9.79. The van der Waals surface area contributed by atoms with Gasteiger partial charge >= 0.3 is 12.1 Å². The highest BCUT2D eigenvalue weighted by Gasteiger charge is 2.43. The molecular formula is C21H24F3N5O3. The van der Waals surface area contributed by atoms with Crippen molar-refractivity contribution in [1.29, 1.82) is 0 Å². The van der Waals surface area contributed by atoms with Crippen LogP contribution in [0.1, 0.15) is 35.2 Å². The Morgan fingerprint density at radius 1 is 1.09 bits per heavy atom. The third kappa shape index (κ3) is 5.71. The first kappa shape index (κ1) is 23.4. The van der Waals surface area contributed by atoms with E-state index in [-0.39, 0.29) is 11.3 Å². The normalized spacial score (nSPS) is 20.6. The van der Waals surface area contributed by atoms with Crippen molar-refractivity contribution in [2.75, 3.05) is 31.1 Å². The minimum atomic E-state index is -5.08. The lowest BCUT2D eigenvalue weighted by molar-refractivity contribution is -0.192. The number of nitrogens with zero attached hydrogens (tertiary/aromatic N) is 5. The Kier molecular flexibility index (Phi) is 6.95. The van der Waals surface area contributed by atoms with E-state index < -0.39 is 12.1 Å². The molecule has 32 heavy (non-hydrogen) atoms. The highest BCUT2D eigenvalue weighted by molar-refractivity contribution is 5.94. The summed E-state index contributed by atoms with van der Waals surface area (Å²) >= 11 is 0. The van der Waals surface area contributed by atoms with E-state index in [0.717, 1.165) is 57.0 Å². The molecule has 2 saturated heterocycles. The molecule has 1 amide bonds. The van der Waals surface area contributed by atoms with Crippen LogP contribution in [-0.2, 0) is 4.79 Å². The van der Waals surface area contributed by atoms with Crippen molar-refractivity contribution < 1.29 is 27.9 Å². The molecule has 0 aliphatic carbocycles. The number of hydrogen-bond acceptors (Lipinski definition) is 6. The summed E-state index contributed by atoms with van der Waals surface area (Å²) in [5.41, 5.74) is 1.91. The third-order valence-corrected chi connectivity index (χ3v) is 5.59. The number of carboxylic acids is 1. The van der Waals surface area contributed by atoms with E-state index in [0.29, 0.717) is 5.56 Å². The van der Waals surface area contributed by atoms with Crippen molar-refractivity contribution in [3.05, 3.63) is 48.0 Å². The van der Waals surface area contributed by atoms with E-state index in [1.807, 2.05) is 36.4 Å². The first-order chi connectivity index (χ1) is 15.1. The number of pyridine rings is 1. The summed E-state index contributed by atoms with van der Waals surface area (Å²) < 4.78 is 31.7. The minimum Gasteiger partial charge on any atom is -0.475 e. The number of aromatic nitrogens is 3. The molecule has 2 fully saturated rings. The molecule has 8 nitrogen and oxygen atoms in total. The molecule has 11 heteroatoms. The van der Waals surface area contributed by atoms with Gasteiger partial charge in [0.1, 0.15) is 0 Å². The van der Waals surface area contributed by atoms with E-state index in [4.69, 9.17) is 9.90 Å². The molecule has 1 unspecified atom stereocenters. The second kappa shape index (κ2) is 9.49. The predicted octanol–water partition coefficient (Wildman–Crippen LogP) is 2.95. The second-order valence-electron chi connectivity index (χ2n) is 8.11. The first-order valence-corrected chi connectivity index (χ1v) is 10.1. The van der Waals surface area contributed by atoms with Gasteiger partial charge in [-0.1, -0.05) is 0 Å². The molecule has 1 spiro atoms. The molecule has 1 atom stereocenters. The number of halogens is 3. The highest BCUT2D eigenvalue weighted by atomic mass is 19.4. The van der Waals surface area contributed by atoms with Crippen LogP contribution in [0.5, 0.6) is 0 Å². The van der Waals surface area contributed by atoms with Gasteiger partial charge in [0.15, 0.2) is 0 Å². The average molecular weight is 451 g/mol. The highest BCUT2D eigenvalue weighted by Crippen LogP contribution is 2.40. The Labute approximate surface area is 183 Å². The summed E-state index contributed by atoms with van der Waals surface area (Å²) in [6, 6.07) is 3.66. The number of amides is 1. The number of carbonyl (C=O) groups excluding carboxylic acids is 1. The molecule has 0 bridgehead atoms. The lowest BCUT2D eigenvalue weighted by Gasteiger charge is -2.40. The van der Waals surface area contributed by atoms with Gasteiger partial charge in [0.05, 0.1) is 5.56 Å². The van der Waals surface area contributed by atoms with Gasteiger partial charge in [-0.2, -0.15) is 13.2 Å². The maximum atomic E-state index is 12.8. The fourth-order valence-corrected chi connectivity index (χ4v) is 4.04. The van der Waals surface area contributed by atoms with Crippen LogP contribution in [0, 0.1) is 12.3 Å². The number of aliphatic carboxylic acids is 1. The van der Waals surface area contributed by atoms with Crippen molar-refractivity contribution in [2.45, 2.75) is 32.4 Å². The molecule has 1 N–H and O–H groups in total. The molecule has 4 heterocycles. The fraction of sp³-hybridized carbons (Fsp3) is 0.476. The molecule has 2 aromatic heterocycles. The number of anilines is 1. The van der Waals surface area contributed by atoms with Crippen LogP contribution in [0.15, 0.2) is 36.9 Å². The predicted molar refractivity (Wildman–Crippen MR) is 109 cm³/mol. The van der Waals surface area contributed by atoms with Gasteiger partial charge in [-0.3, -0.25) is 9.78 Å². The Balaban J connectivity index is 0.000000360. The molecule has 4 rings (SSSR count). The Morgan fingerprint density at radius 3 is 2.38 bits per heavy atom. The Morgan fingerprint density at radius 2 is 1.78 bits per heavy atom. The molecule has 0 aromatic carbocycles. The van der Waals surface area contributed by atoms with E-state index in [1.165, 1.54) is 0 Å². The maximum absolute atomic E-state index is 12.8. The van der Waals surface area contributed by atoms with Crippen LogP contribution in [0.4, 0.5) is 19.1 Å². The summed E-state index contributed by atoms with van der Waals surface area (Å²) in [5.74, 6) is -1.86. The van der Waals surface area contributed by atoms with Crippen LogP contribution in [-0.4, -0.2) is 69.2 Å². The van der Waals surface area contributed by atoms with E-state index >= 15 is 0 Å². The van der Waals surface area contributed by atoms with Crippen molar-refractivity contribution in [1.82, 2.24) is 19.9 Å². The molecule has 2 aliphatic heterocycles. The zero-order chi connectivity index (χ0) is 23.4. The number of rotatable bonds is 2. The van der Waals surface area contributed by atoms with Crippen LogP contribution in [0.25, 0.3) is 0 Å². The van der Waals surface area contributed by atoms with Gasteiger partial charge in [0.2, 0.25) is 5.95 Å². The van der Waals surface area contributed by atoms with Gasteiger partial charge in [0, 0.05) is 56.4 Å². The number of carbonyl (C=O) groups is 2. The third-order valence-electron chi connectivity index (χ3n) is 5.59. The maximum Gasteiger partial charge on any atom is 0.490 e. The molecule has 0 radical (unpaired) electrons. The van der Waals surface area contributed by atoms with Crippen LogP contribution < -0.4 is 4.90 Å². The van der Waals surface area contributed by atoms with E-state index in [1.54, 1.807) is 12.4 Å². The monoisotopic (exact) mass is 451 g/mol. The van der Waals surface area contributed by atoms with Crippen LogP contribution >= 0.6 is 0 Å². The Bertz CT molecular complexity index is 940. The lowest BCUT2D eigenvalue weighted by Crippen LogP contribution is -2.47. The smallest absolute Gasteiger partial charge is 0.475 e. The number of alkyl halides is 3. The van der Waals surface area contributed by atoms with Crippen LogP contribution in [0.2, 0.25) is 0 Å². The molecular weight excluding hydrogens is 427 g/mol. The number of piperidine rings is 1. The van der Waals surface area contributed by atoms with E-state index in [2.05, 4.69) is 19.9 Å². The van der Waals surface area contributed by atoms with Crippen molar-refractivity contribution in [2.24, 2.45) is 5.41 Å². The standard InChI is InChI=1S/C19H23N5O.C2HF3O2/c1-15-10-21-18(22-11-15)24-9-6-19(14-24)5-3-8-23(13-19)17(25)16-4-2-7-20-12-16;3-2(4,5)1(6)7/h2,4,7,10-12H,3,5-6,8-9,13-14H2,1H3;(H,6,7). The summed E-state index contributed by atoms with van der Waals surface area (Å²) in [4.78, 5) is 38.9. The number of aryl methyl sites for hydroxylation is 1. The zero-order valence-corrected chi connectivity index (χ0v) is 17.5. The SMILES string of the molecule is Cc1cnc(N2CCC3(CCCN(C(=O)c4cccnc4)C3)C2)nc1.O=C(O)C(F)(F)F. The molecule has 172 valence electrons. The zero-order valence-electron chi connectivity index (χ0n) is 17.5. The van der Waals surface area contributed by atoms with Gasteiger partial charge in [-0.05, 0) is 43.9 Å². The van der Waals surface area contributed by atoms with Gasteiger partial charge in [-0.15, -0.1) is 0 Å². The van der Waals surface area contributed by atoms with Gasteiger partial charge in [-0.25, -0.2) is 14.8 Å². The minimum absolute atomic E-state index is 0.0946. The topological polar surface area (TPSA) is 99.5 Å². The molecule has 2 aliphatic rings. The first-order valence-electron chi connectivity index (χ1n) is 10.1. The van der Waals surface area contributed by atoms with Crippen molar-refractivity contribution in [3.8, 4) is 0 Å². The number of likely N-dealkylation sites (tertiary alicyclic amines) is 1. The van der Waals surface area contributed by atoms with Gasteiger partial charge in [0.25, 0.3) is 5.91 Å². The number of carboxylic acid groups (broad SMARTS) is 1. The van der Waals surface area contributed by atoms with E-state index in [9.17, 15) is 18.0 Å². The summed E-state index contributed by atoms with van der Waals surface area (Å²) in [6.07, 6.45) is 5.30. The second-order valence-corrected chi connectivity index (χ2v) is 8.11. The quantitative estimate of drug-likeness (QED) is 0.749. The number of hydrogen-bond donors (Lipinski definition) is 1. The van der Waals surface area contributed by atoms with Gasteiger partial charge < -0.3 is 14.9 Å². The van der Waals surface area contributed by atoms with Crippen LogP contribution in [0.3, 0.4) is 0 Å². The fourth-order valence-electron chi connectivity index (χ4n) is 4.04. The summed E-state index contributed by atoms with van der Waals surface area (Å²) in [5, 5.41) is 7.12. The molecule has 0 saturated carbocycles. The van der Waals surface area contributed by atoms with Crippen molar-refractivity contribution >= 4 is 17.8 Å². The summed E-state index contributed by atoms with van der Waals surface area (Å²) in [7, 11) is 0.